The third-order valence-corrected chi connectivity index (χ3v) is 7.22. The molecular formula is C20H20F2N6O3S. The summed E-state index contributed by atoms with van der Waals surface area (Å²) < 4.78 is 55.5. The van der Waals surface area contributed by atoms with Crippen LogP contribution in [0.25, 0.3) is 0 Å². The molecule has 2 heterocycles. The maximum absolute atomic E-state index is 14.0. The SMILES string of the molecule is O=C(C(Cc1ccccc1)n1cnnn1)N1CCN(S(=O)(=O)c2cc(F)ccc2F)CC1. The van der Waals surface area contributed by atoms with Gasteiger partial charge in [-0.3, -0.25) is 4.79 Å². The van der Waals surface area contributed by atoms with Gasteiger partial charge in [-0.1, -0.05) is 30.3 Å². The summed E-state index contributed by atoms with van der Waals surface area (Å²) in [5, 5.41) is 11.1. The van der Waals surface area contributed by atoms with Gasteiger partial charge in [0.1, 0.15) is 28.9 Å². The predicted octanol–water partition coefficient (Wildman–Crippen LogP) is 1.27. The first-order valence-corrected chi connectivity index (χ1v) is 11.3. The van der Waals surface area contributed by atoms with E-state index >= 15 is 0 Å². The van der Waals surface area contributed by atoms with Gasteiger partial charge in [-0.2, -0.15) is 4.31 Å². The zero-order valence-corrected chi connectivity index (χ0v) is 17.7. The smallest absolute Gasteiger partial charge is 0.248 e. The van der Waals surface area contributed by atoms with Gasteiger partial charge in [0.25, 0.3) is 0 Å². The van der Waals surface area contributed by atoms with E-state index in [1.54, 1.807) is 0 Å². The minimum Gasteiger partial charge on any atom is -0.338 e. The van der Waals surface area contributed by atoms with E-state index in [0.717, 1.165) is 22.0 Å². The molecule has 0 saturated carbocycles. The Morgan fingerprint density at radius 2 is 1.75 bits per heavy atom. The molecule has 168 valence electrons. The van der Waals surface area contributed by atoms with Gasteiger partial charge < -0.3 is 4.90 Å². The Hall–Kier alpha value is -3.25. The highest BCUT2D eigenvalue weighted by molar-refractivity contribution is 7.89. The molecule has 2 aromatic carbocycles. The first-order valence-electron chi connectivity index (χ1n) is 9.86. The normalized spacial score (nSPS) is 16.1. The number of carbonyl (C=O) groups is 1. The third-order valence-electron chi connectivity index (χ3n) is 5.30. The second kappa shape index (κ2) is 9.09. The quantitative estimate of drug-likeness (QED) is 0.547. The zero-order chi connectivity index (χ0) is 22.7. The van der Waals surface area contributed by atoms with Crippen LogP contribution in [0.1, 0.15) is 11.6 Å². The molecule has 1 saturated heterocycles. The minimum atomic E-state index is -4.23. The molecule has 1 aliphatic heterocycles. The number of nitrogens with zero attached hydrogens (tertiary/aromatic N) is 6. The summed E-state index contributed by atoms with van der Waals surface area (Å²) in [4.78, 5) is 14.1. The zero-order valence-electron chi connectivity index (χ0n) is 16.9. The van der Waals surface area contributed by atoms with Crippen LogP contribution < -0.4 is 0 Å². The van der Waals surface area contributed by atoms with Gasteiger partial charge in [-0.25, -0.2) is 21.9 Å². The van der Waals surface area contributed by atoms with Crippen LogP contribution in [0.15, 0.2) is 59.8 Å². The number of piperazine rings is 1. The van der Waals surface area contributed by atoms with Crippen molar-refractivity contribution in [1.82, 2.24) is 29.4 Å². The lowest BCUT2D eigenvalue weighted by Gasteiger charge is -2.35. The van der Waals surface area contributed by atoms with Crippen molar-refractivity contribution in [2.45, 2.75) is 17.4 Å². The van der Waals surface area contributed by atoms with Crippen LogP contribution in [-0.4, -0.2) is 69.9 Å². The Labute approximate surface area is 183 Å². The van der Waals surface area contributed by atoms with Crippen molar-refractivity contribution in [2.24, 2.45) is 0 Å². The van der Waals surface area contributed by atoms with Gasteiger partial charge in [-0.05, 0) is 34.2 Å². The number of amides is 1. The number of tetrazole rings is 1. The number of aromatic nitrogens is 4. The van der Waals surface area contributed by atoms with Crippen molar-refractivity contribution >= 4 is 15.9 Å². The van der Waals surface area contributed by atoms with Crippen LogP contribution in [0.3, 0.4) is 0 Å². The van der Waals surface area contributed by atoms with Crippen LogP contribution in [0.2, 0.25) is 0 Å². The average molecular weight is 462 g/mol. The van der Waals surface area contributed by atoms with E-state index < -0.39 is 32.6 Å². The summed E-state index contributed by atoms with van der Waals surface area (Å²) in [6.45, 7) is 0.111. The molecule has 1 aliphatic rings. The number of halogens is 2. The Morgan fingerprint density at radius 1 is 1.03 bits per heavy atom. The summed E-state index contributed by atoms with van der Waals surface area (Å²) >= 11 is 0. The molecule has 1 unspecified atom stereocenters. The van der Waals surface area contributed by atoms with Crippen molar-refractivity contribution < 1.29 is 22.0 Å². The van der Waals surface area contributed by atoms with Gasteiger partial charge >= 0.3 is 0 Å². The fourth-order valence-electron chi connectivity index (χ4n) is 3.62. The number of sulfonamides is 1. The highest BCUT2D eigenvalue weighted by Crippen LogP contribution is 2.23. The molecule has 0 N–H and O–H groups in total. The number of benzene rings is 2. The van der Waals surface area contributed by atoms with Gasteiger partial charge in [0.15, 0.2) is 0 Å². The van der Waals surface area contributed by atoms with Crippen molar-refractivity contribution in [1.29, 1.82) is 0 Å². The highest BCUT2D eigenvalue weighted by Gasteiger charge is 2.35. The van der Waals surface area contributed by atoms with E-state index in [1.165, 1.54) is 15.9 Å². The largest absolute Gasteiger partial charge is 0.338 e. The van der Waals surface area contributed by atoms with Crippen molar-refractivity contribution in [3.63, 3.8) is 0 Å². The fraction of sp³-hybridized carbons (Fsp3) is 0.300. The molecule has 1 amide bonds. The molecule has 1 aromatic heterocycles. The molecule has 0 spiro atoms. The summed E-state index contributed by atoms with van der Waals surface area (Å²) in [6, 6.07) is 11.0. The first kappa shape index (κ1) is 22.0. The first-order chi connectivity index (χ1) is 15.4. The molecule has 0 aliphatic carbocycles. The Balaban J connectivity index is 1.49. The van der Waals surface area contributed by atoms with Crippen molar-refractivity contribution in [3.05, 3.63) is 72.1 Å². The maximum atomic E-state index is 14.0. The fourth-order valence-corrected chi connectivity index (χ4v) is 5.11. The number of hydrogen-bond acceptors (Lipinski definition) is 6. The molecule has 32 heavy (non-hydrogen) atoms. The van der Waals surface area contributed by atoms with Crippen LogP contribution in [0, 0.1) is 11.6 Å². The second-order valence-electron chi connectivity index (χ2n) is 7.30. The number of carbonyl (C=O) groups excluding carboxylic acids is 1. The molecule has 1 atom stereocenters. The van der Waals surface area contributed by atoms with Crippen LogP contribution in [-0.2, 0) is 21.2 Å². The lowest BCUT2D eigenvalue weighted by molar-refractivity contribution is -0.136. The standard InChI is InChI=1S/C20H20F2N6O3S/c21-16-6-7-17(22)19(13-16)32(30,31)27-10-8-26(9-11-27)20(29)18(28-14-23-24-25-28)12-15-4-2-1-3-5-15/h1-7,13-14,18H,8-12H2. The van der Waals surface area contributed by atoms with Crippen LogP contribution >= 0.6 is 0 Å². The van der Waals surface area contributed by atoms with Gasteiger partial charge in [0, 0.05) is 32.6 Å². The molecule has 3 aromatic rings. The Morgan fingerprint density at radius 3 is 2.41 bits per heavy atom. The summed E-state index contributed by atoms with van der Waals surface area (Å²) in [6.07, 6.45) is 1.72. The lowest BCUT2D eigenvalue weighted by Crippen LogP contribution is -2.52. The molecule has 4 rings (SSSR count). The minimum absolute atomic E-state index is 0.0440. The molecule has 12 heteroatoms. The summed E-state index contributed by atoms with van der Waals surface area (Å²) in [7, 11) is -4.23. The van der Waals surface area contributed by atoms with E-state index in [-0.39, 0.29) is 32.1 Å². The molecular weight excluding hydrogens is 442 g/mol. The van der Waals surface area contributed by atoms with E-state index in [4.69, 9.17) is 0 Å². The van der Waals surface area contributed by atoms with Gasteiger partial charge in [0.05, 0.1) is 0 Å². The Bertz CT molecular complexity index is 1180. The van der Waals surface area contributed by atoms with E-state index in [9.17, 15) is 22.0 Å². The van der Waals surface area contributed by atoms with Crippen molar-refractivity contribution in [2.75, 3.05) is 26.2 Å². The van der Waals surface area contributed by atoms with Crippen LogP contribution in [0.5, 0.6) is 0 Å². The third kappa shape index (κ3) is 4.50. The average Bonchev–Trinajstić information content (AvgIpc) is 3.34. The van der Waals surface area contributed by atoms with Gasteiger partial charge in [-0.15, -0.1) is 5.10 Å². The predicted molar refractivity (Wildman–Crippen MR) is 109 cm³/mol. The van der Waals surface area contributed by atoms with E-state index in [2.05, 4.69) is 15.5 Å². The lowest BCUT2D eigenvalue weighted by atomic mass is 10.0. The Kier molecular flexibility index (Phi) is 6.24. The second-order valence-corrected chi connectivity index (χ2v) is 9.21. The number of hydrogen-bond donors (Lipinski definition) is 0. The highest BCUT2D eigenvalue weighted by atomic mass is 32.2. The maximum Gasteiger partial charge on any atom is 0.248 e. The van der Waals surface area contributed by atoms with E-state index in [1.807, 2.05) is 30.3 Å². The molecule has 0 bridgehead atoms. The van der Waals surface area contributed by atoms with E-state index in [0.29, 0.717) is 12.5 Å². The summed E-state index contributed by atoms with van der Waals surface area (Å²) in [5.41, 5.74) is 0.921. The number of rotatable bonds is 6. The molecule has 9 nitrogen and oxygen atoms in total. The molecule has 1 fully saturated rings. The topological polar surface area (TPSA) is 101 Å². The monoisotopic (exact) mass is 462 g/mol. The molecule has 0 radical (unpaired) electrons. The van der Waals surface area contributed by atoms with Crippen molar-refractivity contribution in [3.8, 4) is 0 Å². The van der Waals surface area contributed by atoms with Crippen LogP contribution in [0.4, 0.5) is 8.78 Å². The van der Waals surface area contributed by atoms with Gasteiger partial charge in [0.2, 0.25) is 15.9 Å². The summed E-state index contributed by atoms with van der Waals surface area (Å²) in [5.74, 6) is -2.12.